The van der Waals surface area contributed by atoms with Crippen molar-refractivity contribution in [3.63, 3.8) is 0 Å². The van der Waals surface area contributed by atoms with Crippen LogP contribution in [0.25, 0.3) is 10.2 Å². The predicted octanol–water partition coefficient (Wildman–Crippen LogP) is 2.44. The van der Waals surface area contributed by atoms with Crippen molar-refractivity contribution in [1.29, 1.82) is 0 Å². The molecule has 0 amide bonds. The lowest BCUT2D eigenvalue weighted by Crippen LogP contribution is -2.38. The monoisotopic (exact) mass is 311 g/mol. The van der Waals surface area contributed by atoms with Crippen molar-refractivity contribution in [2.24, 2.45) is 0 Å². The van der Waals surface area contributed by atoms with Crippen molar-refractivity contribution in [2.45, 2.75) is 43.7 Å². The number of fused-ring (bicyclic) bond motifs is 1. The third kappa shape index (κ3) is 2.10. The first-order valence-electron chi connectivity index (χ1n) is 6.59. The molecule has 0 radical (unpaired) electrons. The Morgan fingerprint density at radius 3 is 2.60 bits per heavy atom. The molecule has 3 rings (SSSR count). The Bertz CT molecular complexity index is 744. The first-order valence-corrected chi connectivity index (χ1v) is 8.85. The minimum Gasteiger partial charge on any atom is -0.375 e. The SMILES string of the molecule is C[C@@H]1CC[C@H](C)N1S(=O)(=O)c1ccc2nc(N)sc2c1. The molecule has 1 aliphatic heterocycles. The van der Waals surface area contributed by atoms with E-state index in [0.29, 0.717) is 10.0 Å². The Balaban J connectivity index is 2.08. The van der Waals surface area contributed by atoms with Gasteiger partial charge in [0, 0.05) is 12.1 Å². The molecule has 108 valence electrons. The molecule has 20 heavy (non-hydrogen) atoms. The smallest absolute Gasteiger partial charge is 0.243 e. The first kappa shape index (κ1) is 13.8. The van der Waals surface area contributed by atoms with Crippen LogP contribution in [0.3, 0.4) is 0 Å². The fourth-order valence-corrected chi connectivity index (χ4v) is 5.61. The quantitative estimate of drug-likeness (QED) is 0.924. The molecular weight excluding hydrogens is 294 g/mol. The van der Waals surface area contributed by atoms with Crippen LogP contribution in [0, 0.1) is 0 Å². The van der Waals surface area contributed by atoms with E-state index in [1.807, 2.05) is 13.8 Å². The number of rotatable bonds is 2. The molecule has 2 N–H and O–H groups in total. The number of sulfonamides is 1. The summed E-state index contributed by atoms with van der Waals surface area (Å²) in [5.41, 5.74) is 6.41. The van der Waals surface area contributed by atoms with E-state index in [4.69, 9.17) is 5.73 Å². The van der Waals surface area contributed by atoms with E-state index in [-0.39, 0.29) is 12.1 Å². The topological polar surface area (TPSA) is 76.3 Å². The lowest BCUT2D eigenvalue weighted by atomic mass is 10.2. The lowest BCUT2D eigenvalue weighted by Gasteiger charge is -2.25. The van der Waals surface area contributed by atoms with Crippen molar-refractivity contribution in [3.8, 4) is 0 Å². The van der Waals surface area contributed by atoms with Crippen molar-refractivity contribution in [2.75, 3.05) is 5.73 Å². The van der Waals surface area contributed by atoms with Crippen LogP contribution in [0.1, 0.15) is 26.7 Å². The van der Waals surface area contributed by atoms with E-state index in [0.717, 1.165) is 23.1 Å². The van der Waals surface area contributed by atoms with Crippen molar-refractivity contribution >= 4 is 36.7 Å². The molecule has 5 nitrogen and oxygen atoms in total. The van der Waals surface area contributed by atoms with Crippen LogP contribution in [-0.2, 0) is 10.0 Å². The van der Waals surface area contributed by atoms with Gasteiger partial charge in [0.15, 0.2) is 5.13 Å². The fraction of sp³-hybridized carbons (Fsp3) is 0.462. The van der Waals surface area contributed by atoms with E-state index in [1.54, 1.807) is 22.5 Å². The van der Waals surface area contributed by atoms with Gasteiger partial charge >= 0.3 is 0 Å². The zero-order valence-corrected chi connectivity index (χ0v) is 13.0. The van der Waals surface area contributed by atoms with E-state index >= 15 is 0 Å². The highest BCUT2D eigenvalue weighted by atomic mass is 32.2. The molecule has 1 fully saturated rings. The number of hydrogen-bond donors (Lipinski definition) is 1. The van der Waals surface area contributed by atoms with Gasteiger partial charge in [0.25, 0.3) is 0 Å². The maximum atomic E-state index is 12.8. The molecule has 0 saturated carbocycles. The molecule has 0 unspecified atom stereocenters. The van der Waals surface area contributed by atoms with Crippen LogP contribution in [0.5, 0.6) is 0 Å². The Morgan fingerprint density at radius 1 is 1.30 bits per heavy atom. The second-order valence-electron chi connectivity index (χ2n) is 5.29. The average molecular weight is 311 g/mol. The number of hydrogen-bond acceptors (Lipinski definition) is 5. The van der Waals surface area contributed by atoms with Gasteiger partial charge in [0.1, 0.15) is 0 Å². The van der Waals surface area contributed by atoms with Gasteiger partial charge < -0.3 is 5.73 Å². The summed E-state index contributed by atoms with van der Waals surface area (Å²) < 4.78 is 28.0. The molecule has 0 bridgehead atoms. The Hall–Kier alpha value is -1.18. The third-order valence-electron chi connectivity index (χ3n) is 3.82. The van der Waals surface area contributed by atoms with Crippen molar-refractivity contribution < 1.29 is 8.42 Å². The molecule has 2 heterocycles. The molecule has 1 aromatic carbocycles. The van der Waals surface area contributed by atoms with Crippen LogP contribution in [0.2, 0.25) is 0 Å². The minimum atomic E-state index is -3.45. The number of thiazole rings is 1. The maximum absolute atomic E-state index is 12.8. The second-order valence-corrected chi connectivity index (χ2v) is 8.20. The van der Waals surface area contributed by atoms with Crippen molar-refractivity contribution in [1.82, 2.24) is 9.29 Å². The van der Waals surface area contributed by atoms with Gasteiger partial charge in [-0.15, -0.1) is 0 Å². The number of nitrogen functional groups attached to an aromatic ring is 1. The van der Waals surface area contributed by atoms with Crippen molar-refractivity contribution in [3.05, 3.63) is 18.2 Å². The van der Waals surface area contributed by atoms with Crippen LogP contribution in [-0.4, -0.2) is 29.8 Å². The molecule has 2 aromatic rings. The number of aromatic nitrogens is 1. The number of benzene rings is 1. The van der Waals surface area contributed by atoms with Gasteiger partial charge in [-0.25, -0.2) is 13.4 Å². The van der Waals surface area contributed by atoms with Crippen LogP contribution < -0.4 is 5.73 Å². The van der Waals surface area contributed by atoms with Gasteiger partial charge in [-0.1, -0.05) is 11.3 Å². The fourth-order valence-electron chi connectivity index (χ4n) is 2.85. The van der Waals surface area contributed by atoms with Gasteiger partial charge in [0.2, 0.25) is 10.0 Å². The van der Waals surface area contributed by atoms with Crippen LogP contribution in [0.4, 0.5) is 5.13 Å². The Labute approximate surface area is 122 Å². The molecule has 0 spiro atoms. The summed E-state index contributed by atoms with van der Waals surface area (Å²) in [5.74, 6) is 0. The number of nitrogens with two attached hydrogens (primary N) is 1. The molecular formula is C13H17N3O2S2. The van der Waals surface area contributed by atoms with E-state index in [2.05, 4.69) is 4.98 Å². The average Bonchev–Trinajstić information content (AvgIpc) is 2.90. The maximum Gasteiger partial charge on any atom is 0.243 e. The summed E-state index contributed by atoms with van der Waals surface area (Å²) >= 11 is 1.31. The largest absolute Gasteiger partial charge is 0.375 e. The zero-order valence-electron chi connectivity index (χ0n) is 11.4. The highest BCUT2D eigenvalue weighted by Crippen LogP contribution is 2.33. The standard InChI is InChI=1S/C13H17N3O2S2/c1-8-3-4-9(2)16(8)20(17,18)10-5-6-11-12(7-10)19-13(14)15-11/h5-9H,3-4H2,1-2H3,(H2,14,15)/t8-,9+. The molecule has 1 saturated heterocycles. The third-order valence-corrected chi connectivity index (χ3v) is 6.79. The number of nitrogens with zero attached hydrogens (tertiary/aromatic N) is 2. The highest BCUT2D eigenvalue weighted by molar-refractivity contribution is 7.89. The second kappa shape index (κ2) is 4.68. The van der Waals surface area contributed by atoms with E-state index < -0.39 is 10.0 Å². The normalized spacial score (nSPS) is 24.5. The van der Waals surface area contributed by atoms with Gasteiger partial charge in [-0.2, -0.15) is 4.31 Å². The summed E-state index contributed by atoms with van der Waals surface area (Å²) in [4.78, 5) is 4.48. The summed E-state index contributed by atoms with van der Waals surface area (Å²) in [6.07, 6.45) is 1.83. The molecule has 7 heteroatoms. The lowest BCUT2D eigenvalue weighted by molar-refractivity contribution is 0.350. The first-order chi connectivity index (χ1) is 9.39. The summed E-state index contributed by atoms with van der Waals surface area (Å²) in [7, 11) is -3.45. The highest BCUT2D eigenvalue weighted by Gasteiger charge is 2.37. The van der Waals surface area contributed by atoms with E-state index in [9.17, 15) is 8.42 Å². The minimum absolute atomic E-state index is 0.0530. The number of anilines is 1. The summed E-state index contributed by atoms with van der Waals surface area (Å²) in [5, 5.41) is 0.456. The molecule has 0 aliphatic carbocycles. The zero-order chi connectivity index (χ0) is 14.5. The Morgan fingerprint density at radius 2 is 1.95 bits per heavy atom. The van der Waals surface area contributed by atoms with Gasteiger partial charge in [-0.3, -0.25) is 0 Å². The predicted molar refractivity (Wildman–Crippen MR) is 81.2 cm³/mol. The molecule has 1 aromatic heterocycles. The summed E-state index contributed by atoms with van der Waals surface area (Å²) in [6, 6.07) is 5.13. The van der Waals surface area contributed by atoms with Gasteiger partial charge in [0.05, 0.1) is 15.1 Å². The summed E-state index contributed by atoms with van der Waals surface area (Å²) in [6.45, 7) is 3.93. The van der Waals surface area contributed by atoms with Crippen LogP contribution >= 0.6 is 11.3 Å². The van der Waals surface area contributed by atoms with E-state index in [1.165, 1.54) is 11.3 Å². The molecule has 1 aliphatic rings. The Kier molecular flexibility index (Phi) is 3.23. The van der Waals surface area contributed by atoms with Gasteiger partial charge in [-0.05, 0) is 44.9 Å². The molecule has 2 atom stereocenters. The van der Waals surface area contributed by atoms with Crippen LogP contribution in [0.15, 0.2) is 23.1 Å².